The molecule has 4 aliphatic rings. The topological polar surface area (TPSA) is 68.0 Å². The van der Waals surface area contributed by atoms with Crippen molar-refractivity contribution in [3.8, 4) is 0 Å². The highest BCUT2D eigenvalue weighted by atomic mass is 16.3. The Bertz CT molecular complexity index is 1140. The molecule has 8 atom stereocenters. The van der Waals surface area contributed by atoms with E-state index in [1.54, 1.807) is 0 Å². The van der Waals surface area contributed by atoms with E-state index in [2.05, 4.69) is 44.1 Å². The number of hydrogen-bond acceptors (Lipinski definition) is 4. The normalized spacial score (nSPS) is 42.9. The minimum absolute atomic E-state index is 0.118. The summed E-state index contributed by atoms with van der Waals surface area (Å²) in [4.78, 5) is 13.7. The van der Waals surface area contributed by atoms with Crippen molar-refractivity contribution in [2.24, 2.45) is 40.4 Å². The lowest BCUT2D eigenvalue weighted by Gasteiger charge is -2.63. The maximum absolute atomic E-state index is 13.7. The van der Waals surface area contributed by atoms with Crippen LogP contribution in [0.4, 0.5) is 0 Å². The molecule has 190 valence electrons. The van der Waals surface area contributed by atoms with Gasteiger partial charge < -0.3 is 5.11 Å². The summed E-state index contributed by atoms with van der Waals surface area (Å²) in [6.07, 6.45) is 11.6. The summed E-state index contributed by atoms with van der Waals surface area (Å²) >= 11 is 0. The van der Waals surface area contributed by atoms with Gasteiger partial charge in [-0.1, -0.05) is 25.1 Å². The first kappa shape index (κ1) is 23.6. The van der Waals surface area contributed by atoms with Crippen LogP contribution in [0.25, 0.3) is 11.0 Å². The summed E-state index contributed by atoms with van der Waals surface area (Å²) in [5.41, 5.74) is 3.05. The van der Waals surface area contributed by atoms with E-state index in [4.69, 9.17) is 0 Å². The Balaban J connectivity index is 1.23. The molecule has 5 heteroatoms. The van der Waals surface area contributed by atoms with Gasteiger partial charge in [0.2, 0.25) is 0 Å². The number of carbonyl (C=O) groups excluding carboxylic acids is 1. The highest BCUT2D eigenvalue weighted by molar-refractivity contribution is 5.84. The molecular formula is C30H43N3O2. The van der Waals surface area contributed by atoms with Crippen LogP contribution in [0.5, 0.6) is 0 Å². The van der Waals surface area contributed by atoms with Crippen LogP contribution in [0, 0.1) is 47.3 Å². The van der Waals surface area contributed by atoms with E-state index in [1.807, 2.05) is 16.8 Å². The van der Waals surface area contributed by atoms with Crippen LogP contribution in [0.15, 0.2) is 18.2 Å². The van der Waals surface area contributed by atoms with Gasteiger partial charge in [-0.25, -0.2) is 4.68 Å². The third-order valence-corrected chi connectivity index (χ3v) is 11.7. The van der Waals surface area contributed by atoms with E-state index in [-0.39, 0.29) is 11.3 Å². The maximum atomic E-state index is 13.7. The van der Waals surface area contributed by atoms with Gasteiger partial charge in [0.15, 0.2) is 5.78 Å². The molecule has 1 N–H and O–H groups in total. The van der Waals surface area contributed by atoms with Gasteiger partial charge >= 0.3 is 0 Å². The molecular weight excluding hydrogens is 434 g/mol. The molecule has 4 saturated carbocycles. The zero-order valence-corrected chi connectivity index (χ0v) is 22.1. The van der Waals surface area contributed by atoms with Crippen LogP contribution in [0.1, 0.15) is 90.5 Å². The summed E-state index contributed by atoms with van der Waals surface area (Å²) in [5.74, 6) is 3.36. The summed E-state index contributed by atoms with van der Waals surface area (Å²) < 4.78 is 1.82. The van der Waals surface area contributed by atoms with Crippen molar-refractivity contribution in [3.63, 3.8) is 0 Å². The molecule has 1 aromatic carbocycles. The Labute approximate surface area is 210 Å². The molecule has 0 unspecified atom stereocenters. The van der Waals surface area contributed by atoms with Gasteiger partial charge in [0.25, 0.3) is 0 Å². The second-order valence-electron chi connectivity index (χ2n) is 13.3. The third kappa shape index (κ3) is 3.54. The molecule has 0 amide bonds. The number of aryl methyl sites for hydroxylation is 1. The molecule has 6 rings (SSSR count). The predicted octanol–water partition coefficient (Wildman–Crippen LogP) is 6.11. The van der Waals surface area contributed by atoms with E-state index in [9.17, 15) is 9.90 Å². The van der Waals surface area contributed by atoms with E-state index in [0.29, 0.717) is 29.6 Å². The summed E-state index contributed by atoms with van der Waals surface area (Å²) in [6, 6.07) is 6.17. The van der Waals surface area contributed by atoms with Gasteiger partial charge in [0.05, 0.1) is 11.1 Å². The minimum atomic E-state index is -0.478. The van der Waals surface area contributed by atoms with Crippen LogP contribution < -0.4 is 0 Å². The highest BCUT2D eigenvalue weighted by Crippen LogP contribution is 2.69. The van der Waals surface area contributed by atoms with Gasteiger partial charge in [-0.15, -0.1) is 5.10 Å². The lowest BCUT2D eigenvalue weighted by Crippen LogP contribution is -2.56. The first-order chi connectivity index (χ1) is 16.7. The van der Waals surface area contributed by atoms with Crippen LogP contribution >= 0.6 is 0 Å². The van der Waals surface area contributed by atoms with Crippen molar-refractivity contribution in [2.45, 2.75) is 104 Å². The zero-order valence-electron chi connectivity index (χ0n) is 22.1. The van der Waals surface area contributed by atoms with Crippen LogP contribution in [0.3, 0.4) is 0 Å². The molecule has 4 aliphatic carbocycles. The second-order valence-corrected chi connectivity index (χ2v) is 13.3. The molecule has 0 radical (unpaired) electrons. The zero-order chi connectivity index (χ0) is 24.6. The molecule has 35 heavy (non-hydrogen) atoms. The number of benzene rings is 1. The van der Waals surface area contributed by atoms with Crippen molar-refractivity contribution in [1.29, 1.82) is 0 Å². The van der Waals surface area contributed by atoms with E-state index < -0.39 is 5.60 Å². The molecule has 5 nitrogen and oxygen atoms in total. The Morgan fingerprint density at radius 1 is 1.09 bits per heavy atom. The first-order valence-corrected chi connectivity index (χ1v) is 14.2. The Hall–Kier alpha value is -1.75. The number of rotatable bonds is 4. The lowest BCUT2D eigenvalue weighted by atomic mass is 9.42. The molecule has 4 fully saturated rings. The quantitative estimate of drug-likeness (QED) is 0.577. The Morgan fingerprint density at radius 2 is 1.91 bits per heavy atom. The van der Waals surface area contributed by atoms with Crippen molar-refractivity contribution >= 4 is 16.8 Å². The first-order valence-electron chi connectivity index (χ1n) is 14.2. The predicted molar refractivity (Wildman–Crippen MR) is 138 cm³/mol. The molecule has 0 aliphatic heterocycles. The van der Waals surface area contributed by atoms with Crippen molar-refractivity contribution < 1.29 is 9.90 Å². The smallest absolute Gasteiger partial charge is 0.157 e. The Kier molecular flexibility index (Phi) is 5.49. The standard InChI is InChI=1S/C30H43N3O2/c1-5-30-15-14-28(3,35)17-20(30)7-8-21-22-9-10-24(29(22,4)13-12-23(21)30)27(34)18-33-26-11-6-19(2)16-25(26)31-32-33/h6,11,16,20-24,35H,5,7-10,12-15,17-18H2,1-4H3/t20-,21-,22-,23-,24+,28+,29-,30-/m0/s1. The van der Waals surface area contributed by atoms with Crippen LogP contribution in [0.2, 0.25) is 0 Å². The fourth-order valence-electron chi connectivity index (χ4n) is 9.93. The number of carbonyl (C=O) groups is 1. The monoisotopic (exact) mass is 477 g/mol. The third-order valence-electron chi connectivity index (χ3n) is 11.7. The number of hydrogen-bond donors (Lipinski definition) is 1. The minimum Gasteiger partial charge on any atom is -0.390 e. The van der Waals surface area contributed by atoms with Gasteiger partial charge in [0, 0.05) is 5.92 Å². The average Bonchev–Trinajstić information content (AvgIpc) is 3.38. The van der Waals surface area contributed by atoms with Gasteiger partial charge in [-0.2, -0.15) is 0 Å². The average molecular weight is 478 g/mol. The molecule has 1 heterocycles. The largest absolute Gasteiger partial charge is 0.390 e. The van der Waals surface area contributed by atoms with Crippen molar-refractivity contribution in [2.75, 3.05) is 0 Å². The van der Waals surface area contributed by atoms with Crippen LogP contribution in [-0.4, -0.2) is 31.5 Å². The fourth-order valence-corrected chi connectivity index (χ4v) is 9.93. The summed E-state index contributed by atoms with van der Waals surface area (Å²) in [6.45, 7) is 9.32. The highest BCUT2D eigenvalue weighted by Gasteiger charge is 2.62. The molecule has 0 saturated heterocycles. The molecule has 0 bridgehead atoms. The van der Waals surface area contributed by atoms with E-state index >= 15 is 0 Å². The second kappa shape index (κ2) is 8.13. The van der Waals surface area contributed by atoms with Crippen LogP contribution in [-0.2, 0) is 11.3 Å². The van der Waals surface area contributed by atoms with Gasteiger partial charge in [0.1, 0.15) is 12.1 Å². The van der Waals surface area contributed by atoms with Gasteiger partial charge in [-0.3, -0.25) is 4.79 Å². The molecule has 2 aromatic rings. The number of aliphatic hydroxyl groups is 1. The van der Waals surface area contributed by atoms with E-state index in [1.165, 1.54) is 50.5 Å². The van der Waals surface area contributed by atoms with Crippen molar-refractivity contribution in [1.82, 2.24) is 15.0 Å². The number of nitrogens with zero attached hydrogens (tertiary/aromatic N) is 3. The summed E-state index contributed by atoms with van der Waals surface area (Å²) in [5, 5.41) is 19.5. The summed E-state index contributed by atoms with van der Waals surface area (Å²) in [7, 11) is 0. The number of Topliss-reactive ketones (excluding diaryl/α,β-unsaturated/α-hetero) is 1. The van der Waals surface area contributed by atoms with Gasteiger partial charge in [-0.05, 0) is 130 Å². The molecule has 0 spiro atoms. The maximum Gasteiger partial charge on any atom is 0.157 e. The number of ketones is 1. The number of aromatic nitrogens is 3. The SMILES string of the molecule is CC[C@]12CC[C@@](C)(O)C[C@@H]1CC[C@H]1[C@@H]3CC[C@H](C(=O)Cn4nnc5cc(C)ccc54)[C@@]3(C)CC[C@@H]12. The number of fused-ring (bicyclic) bond motifs is 6. The fraction of sp³-hybridized carbons (Fsp3) is 0.767. The van der Waals surface area contributed by atoms with E-state index in [0.717, 1.165) is 42.1 Å². The lowest BCUT2D eigenvalue weighted by molar-refractivity contribution is -0.158. The Morgan fingerprint density at radius 3 is 2.71 bits per heavy atom. The molecule has 1 aromatic heterocycles. The van der Waals surface area contributed by atoms with Crippen molar-refractivity contribution in [3.05, 3.63) is 23.8 Å².